The molecule has 0 spiro atoms. The first kappa shape index (κ1) is 30.4. The van der Waals surface area contributed by atoms with Gasteiger partial charge in [-0.05, 0) is 62.6 Å². The first-order valence-electron chi connectivity index (χ1n) is 13.4. The normalized spacial score (nSPS) is 15.2. The highest BCUT2D eigenvalue weighted by atomic mass is 35.5. The largest absolute Gasteiger partial charge is 0.437 e. The maximum absolute atomic E-state index is 12.7. The minimum atomic E-state index is -3.55. The van der Waals surface area contributed by atoms with Crippen molar-refractivity contribution in [2.75, 3.05) is 42.6 Å². The number of piperidine rings is 1. The number of fused-ring (bicyclic) bond motifs is 1. The van der Waals surface area contributed by atoms with E-state index in [2.05, 4.69) is 25.3 Å². The van der Waals surface area contributed by atoms with Gasteiger partial charge in [-0.1, -0.05) is 24.3 Å². The van der Waals surface area contributed by atoms with Crippen molar-refractivity contribution in [3.8, 4) is 22.9 Å². The minimum absolute atomic E-state index is 0. The maximum atomic E-state index is 12.7. The molecule has 12 heteroatoms. The predicted molar refractivity (Wildman–Crippen MR) is 165 cm³/mol. The van der Waals surface area contributed by atoms with Crippen molar-refractivity contribution in [1.29, 1.82) is 0 Å². The van der Waals surface area contributed by atoms with E-state index in [1.807, 2.05) is 49.4 Å². The van der Waals surface area contributed by atoms with Crippen LogP contribution in [0.15, 0.2) is 60.9 Å². The molecule has 0 radical (unpaired) electrons. The van der Waals surface area contributed by atoms with Crippen LogP contribution in [-0.2, 0) is 14.8 Å². The number of halogens is 1. The highest BCUT2D eigenvalue weighted by molar-refractivity contribution is 7.92. The summed E-state index contributed by atoms with van der Waals surface area (Å²) >= 11 is 0. The molecule has 3 N–H and O–H groups in total. The van der Waals surface area contributed by atoms with Gasteiger partial charge in [-0.15, -0.1) is 12.4 Å². The Kier molecular flexibility index (Phi) is 10.3. The average molecular weight is 599 g/mol. The monoisotopic (exact) mass is 598 g/mol. The van der Waals surface area contributed by atoms with Crippen molar-refractivity contribution in [3.63, 3.8) is 0 Å². The fraction of sp³-hybridized carbons (Fsp3) is 0.345. The van der Waals surface area contributed by atoms with Crippen LogP contribution in [0.4, 0.5) is 11.6 Å². The number of hydrogen-bond donors (Lipinski definition) is 3. The lowest BCUT2D eigenvalue weighted by atomic mass is 10.0. The fourth-order valence-electron chi connectivity index (χ4n) is 4.78. The molecule has 2 aromatic carbocycles. The lowest BCUT2D eigenvalue weighted by molar-refractivity contribution is 0.199. The fourth-order valence-corrected chi connectivity index (χ4v) is 5.89. The lowest BCUT2D eigenvalue weighted by Crippen LogP contribution is -2.38. The van der Waals surface area contributed by atoms with Gasteiger partial charge in [-0.3, -0.25) is 4.72 Å². The summed E-state index contributed by atoms with van der Waals surface area (Å²) in [6, 6.07) is 15.1. The molecule has 0 saturated carbocycles. The number of rotatable bonds is 11. The molecular formula is C29H35ClN6O4S. The van der Waals surface area contributed by atoms with Gasteiger partial charge < -0.3 is 20.1 Å². The Morgan fingerprint density at radius 1 is 1.05 bits per heavy atom. The molecule has 1 fully saturated rings. The number of methoxy groups -OCH3 is 1. The van der Waals surface area contributed by atoms with Crippen LogP contribution in [0.1, 0.15) is 24.8 Å². The Labute approximate surface area is 246 Å². The number of nitrogens with one attached hydrogen (secondary N) is 3. The molecular weight excluding hydrogens is 564 g/mol. The van der Waals surface area contributed by atoms with Crippen LogP contribution in [-0.4, -0.2) is 62.0 Å². The number of hydrogen-bond acceptors (Lipinski definition) is 9. The van der Waals surface area contributed by atoms with E-state index in [-0.39, 0.29) is 24.2 Å². The van der Waals surface area contributed by atoms with E-state index in [9.17, 15) is 8.42 Å². The highest BCUT2D eigenvalue weighted by Gasteiger charge is 2.18. The van der Waals surface area contributed by atoms with Gasteiger partial charge >= 0.3 is 0 Å². The van der Waals surface area contributed by atoms with Crippen molar-refractivity contribution in [2.24, 2.45) is 0 Å². The van der Waals surface area contributed by atoms with Gasteiger partial charge in [0.15, 0.2) is 0 Å². The molecule has 218 valence electrons. The van der Waals surface area contributed by atoms with Crippen LogP contribution in [0.25, 0.3) is 22.0 Å². The zero-order chi connectivity index (χ0) is 28.0. The SMILES string of the molecule is COCCCS(=O)(=O)Nc1cccc2c(Oc3ncccc3-c3ccnc(NC4CCCNC4)n3)c(C)ccc12.Cl. The molecule has 1 unspecified atom stereocenters. The van der Waals surface area contributed by atoms with Gasteiger partial charge in [0, 0.05) is 49.5 Å². The Bertz CT molecular complexity index is 1580. The minimum Gasteiger partial charge on any atom is -0.437 e. The third kappa shape index (κ3) is 7.62. The number of anilines is 2. The summed E-state index contributed by atoms with van der Waals surface area (Å²) in [5.41, 5.74) is 2.79. The van der Waals surface area contributed by atoms with Crippen LogP contribution in [0.3, 0.4) is 0 Å². The number of aryl methyl sites for hydroxylation is 1. The van der Waals surface area contributed by atoms with Crippen molar-refractivity contribution in [3.05, 3.63) is 66.5 Å². The van der Waals surface area contributed by atoms with Crippen LogP contribution in [0, 0.1) is 6.92 Å². The molecule has 0 aliphatic carbocycles. The zero-order valence-corrected chi connectivity index (χ0v) is 24.7. The quantitative estimate of drug-likeness (QED) is 0.201. The number of ether oxygens (including phenoxy) is 2. The smallest absolute Gasteiger partial charge is 0.232 e. The second kappa shape index (κ2) is 13.9. The Balaban J connectivity index is 0.00000387. The Hall–Kier alpha value is -3.51. The molecule has 5 rings (SSSR count). The van der Waals surface area contributed by atoms with Crippen LogP contribution < -0.4 is 20.1 Å². The maximum Gasteiger partial charge on any atom is 0.232 e. The summed E-state index contributed by atoms with van der Waals surface area (Å²) in [4.78, 5) is 13.7. The number of aromatic nitrogens is 3. The van der Waals surface area contributed by atoms with Crippen molar-refractivity contribution < 1.29 is 17.9 Å². The number of nitrogens with zero attached hydrogens (tertiary/aromatic N) is 3. The topological polar surface area (TPSA) is 127 Å². The predicted octanol–water partition coefficient (Wildman–Crippen LogP) is 5.16. The van der Waals surface area contributed by atoms with E-state index in [0.29, 0.717) is 42.0 Å². The molecule has 1 aliphatic rings. The second-order valence-electron chi connectivity index (χ2n) is 9.79. The molecule has 41 heavy (non-hydrogen) atoms. The van der Waals surface area contributed by atoms with Gasteiger partial charge in [-0.25, -0.2) is 23.4 Å². The van der Waals surface area contributed by atoms with Gasteiger partial charge in [0.05, 0.1) is 22.7 Å². The van der Waals surface area contributed by atoms with Gasteiger partial charge in [-0.2, -0.15) is 0 Å². The summed E-state index contributed by atoms with van der Waals surface area (Å²) in [6.45, 7) is 4.23. The third-order valence-electron chi connectivity index (χ3n) is 6.77. The van der Waals surface area contributed by atoms with Crippen LogP contribution >= 0.6 is 12.4 Å². The summed E-state index contributed by atoms with van der Waals surface area (Å²) in [7, 11) is -1.99. The molecule has 2 aromatic heterocycles. The molecule has 4 aromatic rings. The molecule has 0 amide bonds. The Morgan fingerprint density at radius 3 is 2.73 bits per heavy atom. The summed E-state index contributed by atoms with van der Waals surface area (Å²) in [6.07, 6.45) is 5.98. The standard InChI is InChI=1S/C29H34N6O4S.ClH/c1-20-11-12-22-23(8-3-10-26(22)35-40(36,37)18-6-17-38-2)27(20)39-28-24(9-5-15-31-28)25-13-16-32-29(34-25)33-21-7-4-14-30-19-21;/h3,5,8-13,15-16,21,30,35H,4,6-7,14,17-19H2,1-2H3,(H,32,33,34);1H. The van der Waals surface area contributed by atoms with Gasteiger partial charge in [0.1, 0.15) is 5.75 Å². The number of benzene rings is 2. The van der Waals surface area contributed by atoms with E-state index in [1.54, 1.807) is 25.6 Å². The van der Waals surface area contributed by atoms with Crippen molar-refractivity contribution in [2.45, 2.75) is 32.2 Å². The van der Waals surface area contributed by atoms with E-state index in [1.165, 1.54) is 0 Å². The summed E-state index contributed by atoms with van der Waals surface area (Å²) in [5.74, 6) is 1.52. The van der Waals surface area contributed by atoms with E-state index in [4.69, 9.17) is 14.5 Å². The van der Waals surface area contributed by atoms with E-state index >= 15 is 0 Å². The summed E-state index contributed by atoms with van der Waals surface area (Å²) in [5, 5.41) is 8.31. The first-order chi connectivity index (χ1) is 19.4. The third-order valence-corrected chi connectivity index (χ3v) is 8.12. The van der Waals surface area contributed by atoms with Gasteiger partial charge in [0.2, 0.25) is 21.9 Å². The molecule has 3 heterocycles. The van der Waals surface area contributed by atoms with E-state index < -0.39 is 10.0 Å². The number of sulfonamides is 1. The van der Waals surface area contributed by atoms with Crippen molar-refractivity contribution in [1.82, 2.24) is 20.3 Å². The van der Waals surface area contributed by atoms with Crippen molar-refractivity contribution >= 4 is 44.8 Å². The highest BCUT2D eigenvalue weighted by Crippen LogP contribution is 2.38. The molecule has 0 bridgehead atoms. The Morgan fingerprint density at radius 2 is 1.93 bits per heavy atom. The average Bonchev–Trinajstić information content (AvgIpc) is 2.95. The lowest BCUT2D eigenvalue weighted by Gasteiger charge is -2.23. The molecule has 10 nitrogen and oxygen atoms in total. The van der Waals surface area contributed by atoms with E-state index in [0.717, 1.165) is 47.8 Å². The zero-order valence-electron chi connectivity index (χ0n) is 23.1. The number of pyridine rings is 1. The summed E-state index contributed by atoms with van der Waals surface area (Å²) < 4.78 is 39.6. The molecule has 1 saturated heterocycles. The molecule has 1 atom stereocenters. The second-order valence-corrected chi connectivity index (χ2v) is 11.6. The van der Waals surface area contributed by atoms with Crippen LogP contribution in [0.2, 0.25) is 0 Å². The molecule has 1 aliphatic heterocycles. The van der Waals surface area contributed by atoms with Crippen LogP contribution in [0.5, 0.6) is 11.6 Å². The van der Waals surface area contributed by atoms with Gasteiger partial charge in [0.25, 0.3) is 0 Å². The first-order valence-corrected chi connectivity index (χ1v) is 15.0.